The molecule has 3 aromatic rings. The maximum atomic E-state index is 3.17. The monoisotopic (exact) mass is 295 g/mol. The van der Waals surface area contributed by atoms with Gasteiger partial charge in [-0.3, -0.25) is 0 Å². The standard InChI is InChI=1S/C18H17P2/c19-20(16-10-4-1-5-11-16,17-12-6-2-7-13-17)18-14-8-3-9-15-18/h1-15H,19H2/q+1. The van der Waals surface area contributed by atoms with Crippen LogP contribution in [0.2, 0.25) is 0 Å². The molecule has 0 aromatic heterocycles. The molecule has 0 N–H and O–H groups in total. The van der Waals surface area contributed by atoms with Crippen molar-refractivity contribution in [2.24, 2.45) is 0 Å². The Bertz CT molecular complexity index is 567. The average Bonchev–Trinajstić information content (AvgIpc) is 2.56. The molecule has 0 fully saturated rings. The third-order valence-electron chi connectivity index (χ3n) is 3.49. The fourth-order valence-electron chi connectivity index (χ4n) is 2.44. The van der Waals surface area contributed by atoms with Gasteiger partial charge in [-0.25, -0.2) is 0 Å². The van der Waals surface area contributed by atoms with Crippen molar-refractivity contribution < 1.29 is 0 Å². The molecule has 2 heteroatoms. The molecular weight excluding hydrogens is 278 g/mol. The van der Waals surface area contributed by atoms with Gasteiger partial charge in [-0.05, 0) is 36.4 Å². The molecule has 1 unspecified atom stereocenters. The number of rotatable bonds is 3. The second-order valence-corrected chi connectivity index (χ2v) is 10.0. The predicted octanol–water partition coefficient (Wildman–Crippen LogP) is 3.77. The molecule has 0 amide bonds. The van der Waals surface area contributed by atoms with E-state index in [1.54, 1.807) is 0 Å². The van der Waals surface area contributed by atoms with E-state index in [0.29, 0.717) is 0 Å². The van der Waals surface area contributed by atoms with Crippen molar-refractivity contribution in [3.63, 3.8) is 0 Å². The molecule has 20 heavy (non-hydrogen) atoms. The average molecular weight is 295 g/mol. The van der Waals surface area contributed by atoms with E-state index in [9.17, 15) is 0 Å². The van der Waals surface area contributed by atoms with Crippen LogP contribution in [0.25, 0.3) is 0 Å². The summed E-state index contributed by atoms with van der Waals surface area (Å²) >= 11 is 0. The Morgan fingerprint density at radius 3 is 0.950 bits per heavy atom. The highest BCUT2D eigenvalue weighted by Gasteiger charge is 2.40. The summed E-state index contributed by atoms with van der Waals surface area (Å²) in [4.78, 5) is 0. The molecule has 0 aliphatic carbocycles. The van der Waals surface area contributed by atoms with Crippen molar-refractivity contribution in [1.82, 2.24) is 0 Å². The lowest BCUT2D eigenvalue weighted by molar-refractivity contribution is 1.73. The maximum absolute atomic E-state index is 3.17. The summed E-state index contributed by atoms with van der Waals surface area (Å²) in [6, 6.07) is 32.4. The van der Waals surface area contributed by atoms with Crippen LogP contribution in [0.3, 0.4) is 0 Å². The van der Waals surface area contributed by atoms with Crippen molar-refractivity contribution in [3.05, 3.63) is 91.0 Å². The quantitative estimate of drug-likeness (QED) is 0.645. The minimum absolute atomic E-state index is 1.39. The number of hydrogen-bond acceptors (Lipinski definition) is 0. The fourth-order valence-corrected chi connectivity index (χ4v) is 6.81. The van der Waals surface area contributed by atoms with Crippen LogP contribution in [0, 0.1) is 0 Å². The highest BCUT2D eigenvalue weighted by atomic mass is 32.1. The van der Waals surface area contributed by atoms with Gasteiger partial charge in [0, 0.05) is 8.93 Å². The van der Waals surface area contributed by atoms with Gasteiger partial charge in [0.25, 0.3) is 0 Å². The lowest BCUT2D eigenvalue weighted by Crippen LogP contribution is -2.26. The first-order valence-electron chi connectivity index (χ1n) is 6.66. The van der Waals surface area contributed by atoms with E-state index in [-0.39, 0.29) is 0 Å². The van der Waals surface area contributed by atoms with Gasteiger partial charge in [-0.2, -0.15) is 0 Å². The summed E-state index contributed by atoms with van der Waals surface area (Å²) in [6.07, 6.45) is 0. The predicted molar refractivity (Wildman–Crippen MR) is 94.9 cm³/mol. The Balaban J connectivity index is 2.24. The summed E-state index contributed by atoms with van der Waals surface area (Å²) < 4.78 is 0. The first-order chi connectivity index (χ1) is 9.82. The normalized spacial score (nSPS) is 11.2. The molecule has 0 aliphatic rings. The highest BCUT2D eigenvalue weighted by molar-refractivity contribution is 8.36. The third kappa shape index (κ3) is 2.42. The minimum Gasteiger partial charge on any atom is -0.0620 e. The molecule has 0 saturated carbocycles. The summed E-state index contributed by atoms with van der Waals surface area (Å²) in [5.41, 5.74) is 0. The van der Waals surface area contributed by atoms with Crippen LogP contribution < -0.4 is 15.9 Å². The topological polar surface area (TPSA) is 0 Å². The smallest absolute Gasteiger partial charge is 0.0620 e. The molecule has 0 bridgehead atoms. The Morgan fingerprint density at radius 1 is 0.450 bits per heavy atom. The van der Waals surface area contributed by atoms with E-state index in [1.165, 1.54) is 15.9 Å². The fraction of sp³-hybridized carbons (Fsp3) is 0. The summed E-state index contributed by atoms with van der Waals surface area (Å²) in [5.74, 6) is 0. The number of hydrogen-bond donors (Lipinski definition) is 0. The van der Waals surface area contributed by atoms with Gasteiger partial charge in [0.15, 0.2) is 0 Å². The Morgan fingerprint density at radius 2 is 0.700 bits per heavy atom. The van der Waals surface area contributed by atoms with E-state index in [0.717, 1.165) is 0 Å². The number of benzene rings is 3. The maximum Gasteiger partial charge on any atom is 0.124 e. The Labute approximate surface area is 123 Å². The van der Waals surface area contributed by atoms with Gasteiger partial charge in [0.1, 0.15) is 22.9 Å². The van der Waals surface area contributed by atoms with Crippen LogP contribution in [0.4, 0.5) is 0 Å². The Kier molecular flexibility index (Phi) is 3.97. The van der Waals surface area contributed by atoms with Gasteiger partial charge < -0.3 is 0 Å². The van der Waals surface area contributed by atoms with E-state index in [4.69, 9.17) is 0 Å². The van der Waals surface area contributed by atoms with Gasteiger partial charge in [-0.1, -0.05) is 54.6 Å². The van der Waals surface area contributed by atoms with Crippen LogP contribution in [-0.4, -0.2) is 0 Å². The van der Waals surface area contributed by atoms with Crippen molar-refractivity contribution in [3.8, 4) is 0 Å². The summed E-state index contributed by atoms with van der Waals surface area (Å²) in [6.45, 7) is -1.61. The van der Waals surface area contributed by atoms with Crippen molar-refractivity contribution >= 4 is 31.8 Å². The first kappa shape index (κ1) is 13.5. The lowest BCUT2D eigenvalue weighted by atomic mass is 10.4. The van der Waals surface area contributed by atoms with E-state index < -0.39 is 6.95 Å². The highest BCUT2D eigenvalue weighted by Crippen LogP contribution is 2.62. The molecule has 0 saturated heterocycles. The molecule has 0 heterocycles. The van der Waals surface area contributed by atoms with Gasteiger partial charge >= 0.3 is 0 Å². The van der Waals surface area contributed by atoms with Crippen LogP contribution in [0.1, 0.15) is 0 Å². The van der Waals surface area contributed by atoms with Gasteiger partial charge in [-0.15, -0.1) is 0 Å². The van der Waals surface area contributed by atoms with Crippen LogP contribution in [-0.2, 0) is 0 Å². The van der Waals surface area contributed by atoms with Gasteiger partial charge in [0.05, 0.1) is 0 Å². The van der Waals surface area contributed by atoms with Gasteiger partial charge in [0.2, 0.25) is 0 Å². The van der Waals surface area contributed by atoms with Crippen molar-refractivity contribution in [2.45, 2.75) is 0 Å². The molecule has 3 aromatic carbocycles. The Hall–Kier alpha value is -1.48. The second kappa shape index (κ2) is 5.88. The first-order valence-corrected chi connectivity index (χ1v) is 10.1. The molecule has 0 radical (unpaired) electrons. The molecule has 0 spiro atoms. The van der Waals surface area contributed by atoms with E-state index in [2.05, 4.69) is 99.9 Å². The molecular formula is C18H17P2+. The second-order valence-electron chi connectivity index (χ2n) is 4.73. The summed E-state index contributed by atoms with van der Waals surface area (Å²) in [5, 5.41) is 4.17. The lowest BCUT2D eigenvalue weighted by Gasteiger charge is -2.22. The van der Waals surface area contributed by atoms with Crippen LogP contribution >= 0.6 is 15.9 Å². The van der Waals surface area contributed by atoms with Crippen LogP contribution in [0.15, 0.2) is 91.0 Å². The zero-order chi connectivity index (χ0) is 13.8. The van der Waals surface area contributed by atoms with E-state index >= 15 is 0 Å². The third-order valence-corrected chi connectivity index (χ3v) is 9.51. The largest absolute Gasteiger partial charge is 0.124 e. The van der Waals surface area contributed by atoms with Crippen molar-refractivity contribution in [2.75, 3.05) is 0 Å². The minimum atomic E-state index is -1.61. The molecule has 0 aliphatic heterocycles. The van der Waals surface area contributed by atoms with Crippen LogP contribution in [0.5, 0.6) is 0 Å². The summed E-state index contributed by atoms with van der Waals surface area (Å²) in [7, 11) is 3.17. The molecule has 98 valence electrons. The SMILES string of the molecule is P[P+](c1ccccc1)(c1ccccc1)c1ccccc1. The molecule has 0 nitrogen and oxygen atoms in total. The zero-order valence-corrected chi connectivity index (χ0v) is 13.2. The molecule has 1 atom stereocenters. The van der Waals surface area contributed by atoms with E-state index in [1.807, 2.05) is 0 Å². The van der Waals surface area contributed by atoms with Crippen molar-refractivity contribution in [1.29, 1.82) is 0 Å². The zero-order valence-electron chi connectivity index (χ0n) is 11.2. The molecule has 3 rings (SSSR count).